The summed E-state index contributed by atoms with van der Waals surface area (Å²) < 4.78 is 7.63. The second-order valence-electron chi connectivity index (χ2n) is 4.70. The number of aliphatic hydroxyl groups excluding tert-OH is 1. The smallest absolute Gasteiger partial charge is 0.147 e. The monoisotopic (exact) mass is 393 g/mol. The molecular weight excluding hydrogens is 374 g/mol. The van der Waals surface area contributed by atoms with Crippen molar-refractivity contribution in [3.05, 3.63) is 26.6 Å². The van der Waals surface area contributed by atoms with Gasteiger partial charge in [-0.2, -0.15) is 0 Å². The van der Waals surface area contributed by atoms with Crippen LogP contribution in [0.25, 0.3) is 0 Å². The van der Waals surface area contributed by atoms with Crippen molar-refractivity contribution >= 4 is 31.9 Å². The largest absolute Gasteiger partial charge is 0.491 e. The fourth-order valence-corrected chi connectivity index (χ4v) is 3.07. The molecule has 0 fully saturated rings. The molecule has 1 aromatic rings. The summed E-state index contributed by atoms with van der Waals surface area (Å²) in [6.45, 7) is 5.91. The maximum atomic E-state index is 8.73. The highest BCUT2D eigenvalue weighted by molar-refractivity contribution is 9.11. The zero-order chi connectivity index (χ0) is 14.3. The van der Waals surface area contributed by atoms with Gasteiger partial charge in [0.05, 0.1) is 15.6 Å². The van der Waals surface area contributed by atoms with E-state index in [0.29, 0.717) is 12.6 Å². The first-order valence-electron chi connectivity index (χ1n) is 6.49. The molecular formula is C14H21Br2NO2. The Hall–Kier alpha value is -0.100. The van der Waals surface area contributed by atoms with Crippen LogP contribution < -0.4 is 10.1 Å². The Morgan fingerprint density at radius 3 is 2.37 bits per heavy atom. The van der Waals surface area contributed by atoms with Crippen molar-refractivity contribution in [1.29, 1.82) is 0 Å². The molecule has 108 valence electrons. The lowest BCUT2D eigenvalue weighted by molar-refractivity contribution is 0.252. The number of benzene rings is 1. The molecule has 0 heterocycles. The molecule has 0 saturated heterocycles. The van der Waals surface area contributed by atoms with E-state index >= 15 is 0 Å². The fourth-order valence-electron chi connectivity index (χ4n) is 1.56. The van der Waals surface area contributed by atoms with Crippen LogP contribution in [0.1, 0.15) is 32.3 Å². The van der Waals surface area contributed by atoms with Gasteiger partial charge in [-0.15, -0.1) is 0 Å². The molecule has 2 N–H and O–H groups in total. The standard InChI is InChI=1S/C14H21Br2NO2/c1-10(2)17-9-11-7-12(15)14(13(16)8-11)19-6-4-3-5-18/h7-8,10,17-18H,3-6,9H2,1-2H3. The van der Waals surface area contributed by atoms with E-state index in [0.717, 1.165) is 34.1 Å². The highest BCUT2D eigenvalue weighted by Crippen LogP contribution is 2.34. The van der Waals surface area contributed by atoms with E-state index in [-0.39, 0.29) is 6.61 Å². The van der Waals surface area contributed by atoms with Gasteiger partial charge in [-0.05, 0) is 62.4 Å². The zero-order valence-electron chi connectivity index (χ0n) is 11.4. The van der Waals surface area contributed by atoms with Crippen LogP contribution >= 0.6 is 31.9 Å². The van der Waals surface area contributed by atoms with Crippen molar-refractivity contribution in [3.63, 3.8) is 0 Å². The number of aliphatic hydroxyl groups is 1. The van der Waals surface area contributed by atoms with Gasteiger partial charge in [0.15, 0.2) is 0 Å². The number of nitrogens with one attached hydrogen (secondary N) is 1. The first-order valence-corrected chi connectivity index (χ1v) is 8.08. The molecule has 0 unspecified atom stereocenters. The Kier molecular flexibility index (Phi) is 7.99. The van der Waals surface area contributed by atoms with Crippen molar-refractivity contribution in [2.75, 3.05) is 13.2 Å². The Morgan fingerprint density at radius 2 is 1.84 bits per heavy atom. The summed E-state index contributed by atoms with van der Waals surface area (Å²) in [5.41, 5.74) is 1.20. The van der Waals surface area contributed by atoms with Crippen LogP contribution in [-0.2, 0) is 6.54 Å². The van der Waals surface area contributed by atoms with E-state index in [1.165, 1.54) is 5.56 Å². The average molecular weight is 395 g/mol. The topological polar surface area (TPSA) is 41.5 Å². The molecule has 19 heavy (non-hydrogen) atoms. The van der Waals surface area contributed by atoms with E-state index in [9.17, 15) is 0 Å². The van der Waals surface area contributed by atoms with Gasteiger partial charge >= 0.3 is 0 Å². The molecule has 0 aliphatic carbocycles. The minimum Gasteiger partial charge on any atom is -0.491 e. The van der Waals surface area contributed by atoms with Crippen molar-refractivity contribution in [3.8, 4) is 5.75 Å². The van der Waals surface area contributed by atoms with E-state index in [1.54, 1.807) is 0 Å². The van der Waals surface area contributed by atoms with Crippen molar-refractivity contribution in [1.82, 2.24) is 5.32 Å². The summed E-state index contributed by atoms with van der Waals surface area (Å²) in [6, 6.07) is 4.61. The maximum Gasteiger partial charge on any atom is 0.147 e. The molecule has 0 radical (unpaired) electrons. The summed E-state index contributed by atoms with van der Waals surface area (Å²) in [7, 11) is 0. The van der Waals surface area contributed by atoms with Gasteiger partial charge in [0.25, 0.3) is 0 Å². The van der Waals surface area contributed by atoms with Crippen LogP contribution in [0.2, 0.25) is 0 Å². The lowest BCUT2D eigenvalue weighted by Crippen LogP contribution is -2.21. The predicted molar refractivity (Wildman–Crippen MR) is 85.6 cm³/mol. The number of ether oxygens (including phenoxy) is 1. The maximum absolute atomic E-state index is 8.73. The molecule has 0 bridgehead atoms. The van der Waals surface area contributed by atoms with E-state index in [1.807, 2.05) is 0 Å². The molecule has 0 aliphatic rings. The second-order valence-corrected chi connectivity index (χ2v) is 6.41. The number of hydrogen-bond donors (Lipinski definition) is 2. The minimum atomic E-state index is 0.214. The zero-order valence-corrected chi connectivity index (χ0v) is 14.6. The van der Waals surface area contributed by atoms with Crippen LogP contribution in [-0.4, -0.2) is 24.4 Å². The van der Waals surface area contributed by atoms with Crippen LogP contribution in [0.15, 0.2) is 21.1 Å². The Bertz CT molecular complexity index is 374. The summed E-state index contributed by atoms with van der Waals surface area (Å²) in [4.78, 5) is 0. The molecule has 1 rings (SSSR count). The van der Waals surface area contributed by atoms with Gasteiger partial charge in [-0.25, -0.2) is 0 Å². The molecule has 0 atom stereocenters. The normalized spacial score (nSPS) is 11.1. The Balaban J connectivity index is 2.63. The second kappa shape index (κ2) is 8.95. The van der Waals surface area contributed by atoms with Crippen molar-refractivity contribution < 1.29 is 9.84 Å². The number of hydrogen-bond acceptors (Lipinski definition) is 3. The van der Waals surface area contributed by atoms with Crippen molar-refractivity contribution in [2.45, 2.75) is 39.3 Å². The molecule has 0 spiro atoms. The van der Waals surface area contributed by atoms with Crippen LogP contribution in [0.5, 0.6) is 5.75 Å². The summed E-state index contributed by atoms with van der Waals surface area (Å²) in [6.07, 6.45) is 1.62. The minimum absolute atomic E-state index is 0.214. The van der Waals surface area contributed by atoms with Crippen LogP contribution in [0.4, 0.5) is 0 Å². The third-order valence-corrected chi connectivity index (χ3v) is 3.75. The van der Waals surface area contributed by atoms with Gasteiger partial charge in [0.2, 0.25) is 0 Å². The summed E-state index contributed by atoms with van der Waals surface area (Å²) in [5.74, 6) is 0.825. The van der Waals surface area contributed by atoms with Crippen molar-refractivity contribution in [2.24, 2.45) is 0 Å². The lowest BCUT2D eigenvalue weighted by Gasteiger charge is -2.13. The van der Waals surface area contributed by atoms with Crippen LogP contribution in [0, 0.1) is 0 Å². The quantitative estimate of drug-likeness (QED) is 0.657. The molecule has 0 saturated carbocycles. The highest BCUT2D eigenvalue weighted by Gasteiger charge is 2.09. The van der Waals surface area contributed by atoms with Gasteiger partial charge < -0.3 is 15.2 Å². The van der Waals surface area contributed by atoms with Gasteiger partial charge in [0.1, 0.15) is 5.75 Å². The Labute approximate surface area is 132 Å². The lowest BCUT2D eigenvalue weighted by atomic mass is 10.2. The van der Waals surface area contributed by atoms with Gasteiger partial charge in [0, 0.05) is 19.2 Å². The molecule has 0 amide bonds. The van der Waals surface area contributed by atoms with E-state index < -0.39 is 0 Å². The molecule has 3 nitrogen and oxygen atoms in total. The first kappa shape index (κ1) is 17.0. The SMILES string of the molecule is CC(C)NCc1cc(Br)c(OCCCCO)c(Br)c1. The van der Waals surface area contributed by atoms with E-state index in [4.69, 9.17) is 9.84 Å². The number of unbranched alkanes of at least 4 members (excludes halogenated alkanes) is 1. The van der Waals surface area contributed by atoms with Gasteiger partial charge in [-0.1, -0.05) is 13.8 Å². The summed E-state index contributed by atoms with van der Waals surface area (Å²) in [5, 5.41) is 12.1. The molecule has 0 aliphatic heterocycles. The highest BCUT2D eigenvalue weighted by atomic mass is 79.9. The third-order valence-electron chi connectivity index (χ3n) is 2.57. The van der Waals surface area contributed by atoms with E-state index in [2.05, 4.69) is 63.2 Å². The fraction of sp³-hybridized carbons (Fsp3) is 0.571. The number of halogens is 2. The first-order chi connectivity index (χ1) is 9.04. The number of rotatable bonds is 8. The Morgan fingerprint density at radius 1 is 1.21 bits per heavy atom. The summed E-state index contributed by atoms with van der Waals surface area (Å²) >= 11 is 7.08. The molecule has 5 heteroatoms. The average Bonchev–Trinajstić information content (AvgIpc) is 2.34. The predicted octanol–water partition coefficient (Wildman–Crippen LogP) is 3.86. The molecule has 0 aromatic heterocycles. The van der Waals surface area contributed by atoms with Gasteiger partial charge in [-0.3, -0.25) is 0 Å². The third kappa shape index (κ3) is 6.25. The van der Waals surface area contributed by atoms with Crippen LogP contribution in [0.3, 0.4) is 0 Å². The molecule has 1 aromatic carbocycles.